The number of aromatic hydroxyl groups is 1. The molecule has 4 rings (SSSR count). The minimum Gasteiger partial charge on any atom is -0.504 e. The number of hydrazine groups is 1. The topological polar surface area (TPSA) is 94.7 Å². The maximum Gasteiger partial charge on any atom is 0.221 e. The van der Waals surface area contributed by atoms with Crippen LogP contribution in [-0.2, 0) is 4.79 Å². The standard InChI is InChI=1S/C19H22N4O3/c1-26-15-9-11(7-8-14(15)24)13-10-16(25)21-19-17(13)18(22-23-19)20-12-5-3-2-4-6-12/h2-9,13,17-20,22-24H,10H2,1H3,(H,21,25). The van der Waals surface area contributed by atoms with Crippen LogP contribution in [0, 0.1) is 5.92 Å². The molecule has 4 unspecified atom stereocenters. The first-order valence-corrected chi connectivity index (χ1v) is 8.64. The first-order chi connectivity index (χ1) is 12.7. The Balaban J connectivity index is 1.64. The molecule has 4 atom stereocenters. The highest BCUT2D eigenvalue weighted by molar-refractivity contribution is 5.78. The van der Waals surface area contributed by atoms with E-state index in [9.17, 15) is 9.90 Å². The predicted octanol–water partition coefficient (Wildman–Crippen LogP) is 1.49. The minimum absolute atomic E-state index is 0.00190. The molecule has 0 bridgehead atoms. The number of anilines is 1. The van der Waals surface area contributed by atoms with Crippen LogP contribution in [0.2, 0.25) is 0 Å². The molecule has 0 saturated carbocycles. The third kappa shape index (κ3) is 3.07. The normalized spacial score (nSPS) is 27.5. The molecule has 1 amide bonds. The molecule has 0 spiro atoms. The van der Waals surface area contributed by atoms with Gasteiger partial charge in [-0.2, -0.15) is 0 Å². The molecular formula is C19H22N4O3. The summed E-state index contributed by atoms with van der Waals surface area (Å²) in [6.45, 7) is 0. The number of rotatable bonds is 4. The molecule has 2 heterocycles. The second-order valence-electron chi connectivity index (χ2n) is 6.64. The number of benzene rings is 2. The summed E-state index contributed by atoms with van der Waals surface area (Å²) in [5.74, 6) is 0.568. The van der Waals surface area contributed by atoms with Crippen LogP contribution in [-0.4, -0.2) is 30.5 Å². The van der Waals surface area contributed by atoms with Gasteiger partial charge in [0, 0.05) is 23.9 Å². The van der Waals surface area contributed by atoms with E-state index in [1.807, 2.05) is 42.5 Å². The summed E-state index contributed by atoms with van der Waals surface area (Å²) in [7, 11) is 1.52. The van der Waals surface area contributed by atoms with E-state index in [1.165, 1.54) is 7.11 Å². The molecule has 2 aromatic carbocycles. The summed E-state index contributed by atoms with van der Waals surface area (Å²) in [6, 6.07) is 15.2. The van der Waals surface area contributed by atoms with E-state index in [0.717, 1.165) is 11.3 Å². The van der Waals surface area contributed by atoms with Crippen molar-refractivity contribution < 1.29 is 14.6 Å². The summed E-state index contributed by atoms with van der Waals surface area (Å²) in [5, 5.41) is 16.4. The van der Waals surface area contributed by atoms with Crippen molar-refractivity contribution in [1.82, 2.24) is 16.2 Å². The van der Waals surface area contributed by atoms with Gasteiger partial charge in [0.2, 0.25) is 5.91 Å². The van der Waals surface area contributed by atoms with Crippen molar-refractivity contribution in [2.75, 3.05) is 12.4 Å². The minimum atomic E-state index is -0.178. The molecular weight excluding hydrogens is 332 g/mol. The lowest BCUT2D eigenvalue weighted by molar-refractivity contribution is -0.125. The number of phenolic OH excluding ortho intramolecular Hbond substituents is 1. The third-order valence-corrected chi connectivity index (χ3v) is 5.08. The zero-order valence-corrected chi connectivity index (χ0v) is 14.4. The number of carbonyl (C=O) groups excluding carboxylic acids is 1. The number of ether oxygens (including phenoxy) is 1. The van der Waals surface area contributed by atoms with E-state index in [0.29, 0.717) is 12.2 Å². The van der Waals surface area contributed by atoms with Gasteiger partial charge in [-0.05, 0) is 29.8 Å². The first-order valence-electron chi connectivity index (χ1n) is 8.64. The van der Waals surface area contributed by atoms with E-state index in [-0.39, 0.29) is 35.8 Å². The zero-order valence-electron chi connectivity index (χ0n) is 14.4. The SMILES string of the molecule is COc1cc(C2CC(=O)NC3NNC(Nc4ccccc4)C32)ccc1O. The van der Waals surface area contributed by atoms with Crippen molar-refractivity contribution in [1.29, 1.82) is 0 Å². The first kappa shape index (κ1) is 16.7. The molecule has 2 aliphatic rings. The van der Waals surface area contributed by atoms with E-state index >= 15 is 0 Å². The number of hydrogen-bond acceptors (Lipinski definition) is 6. The van der Waals surface area contributed by atoms with Crippen molar-refractivity contribution in [2.45, 2.75) is 24.7 Å². The van der Waals surface area contributed by atoms with Crippen molar-refractivity contribution in [3.63, 3.8) is 0 Å². The van der Waals surface area contributed by atoms with Gasteiger partial charge in [0.05, 0.1) is 19.4 Å². The number of nitrogens with one attached hydrogen (secondary N) is 4. The van der Waals surface area contributed by atoms with Crippen LogP contribution in [0.15, 0.2) is 48.5 Å². The average Bonchev–Trinajstić information content (AvgIpc) is 3.05. The molecule has 0 aromatic heterocycles. The van der Waals surface area contributed by atoms with Gasteiger partial charge >= 0.3 is 0 Å². The Morgan fingerprint density at radius 3 is 2.73 bits per heavy atom. The fraction of sp³-hybridized carbons (Fsp3) is 0.316. The lowest BCUT2D eigenvalue weighted by atomic mass is 9.78. The summed E-state index contributed by atoms with van der Waals surface area (Å²) < 4.78 is 5.24. The predicted molar refractivity (Wildman–Crippen MR) is 97.6 cm³/mol. The van der Waals surface area contributed by atoms with Crippen LogP contribution < -0.4 is 26.2 Å². The highest BCUT2D eigenvalue weighted by Gasteiger charge is 2.46. The van der Waals surface area contributed by atoms with Crippen molar-refractivity contribution in [2.24, 2.45) is 5.92 Å². The number of carbonyl (C=O) groups is 1. The van der Waals surface area contributed by atoms with Crippen LogP contribution in [0.25, 0.3) is 0 Å². The van der Waals surface area contributed by atoms with Gasteiger partial charge in [0.25, 0.3) is 0 Å². The Morgan fingerprint density at radius 1 is 1.15 bits per heavy atom. The van der Waals surface area contributed by atoms with Crippen molar-refractivity contribution >= 4 is 11.6 Å². The molecule has 0 radical (unpaired) electrons. The van der Waals surface area contributed by atoms with Crippen LogP contribution in [0.5, 0.6) is 11.5 Å². The number of methoxy groups -OCH3 is 1. The van der Waals surface area contributed by atoms with Crippen molar-refractivity contribution in [3.05, 3.63) is 54.1 Å². The van der Waals surface area contributed by atoms with Crippen molar-refractivity contribution in [3.8, 4) is 11.5 Å². The van der Waals surface area contributed by atoms with Gasteiger partial charge in [-0.25, -0.2) is 10.9 Å². The Labute approximate surface area is 151 Å². The summed E-state index contributed by atoms with van der Waals surface area (Å²) in [6.07, 6.45) is 0.140. The van der Waals surface area contributed by atoms with Gasteiger partial charge in [-0.1, -0.05) is 24.3 Å². The Morgan fingerprint density at radius 2 is 1.96 bits per heavy atom. The molecule has 26 heavy (non-hydrogen) atoms. The maximum atomic E-state index is 12.2. The Kier molecular flexibility index (Phi) is 4.40. The number of fused-ring (bicyclic) bond motifs is 1. The molecule has 7 heteroatoms. The summed E-state index contributed by atoms with van der Waals surface area (Å²) in [5.41, 5.74) is 8.40. The van der Waals surface area contributed by atoms with E-state index in [2.05, 4.69) is 21.5 Å². The molecule has 2 fully saturated rings. The molecule has 5 N–H and O–H groups in total. The summed E-state index contributed by atoms with van der Waals surface area (Å²) in [4.78, 5) is 12.2. The van der Waals surface area contributed by atoms with Crippen LogP contribution >= 0.6 is 0 Å². The number of phenols is 1. The highest BCUT2D eigenvalue weighted by atomic mass is 16.5. The molecule has 136 valence electrons. The van der Waals surface area contributed by atoms with Crippen LogP contribution in [0.1, 0.15) is 17.9 Å². The lowest BCUT2D eigenvalue weighted by Gasteiger charge is -2.36. The number of para-hydroxylation sites is 1. The monoisotopic (exact) mass is 354 g/mol. The number of hydrogen-bond donors (Lipinski definition) is 5. The maximum absolute atomic E-state index is 12.2. The van der Waals surface area contributed by atoms with E-state index < -0.39 is 0 Å². The van der Waals surface area contributed by atoms with E-state index in [1.54, 1.807) is 6.07 Å². The van der Waals surface area contributed by atoms with Gasteiger partial charge in [-0.15, -0.1) is 0 Å². The largest absolute Gasteiger partial charge is 0.504 e. The fourth-order valence-corrected chi connectivity index (χ4v) is 3.84. The number of amides is 1. The van der Waals surface area contributed by atoms with E-state index in [4.69, 9.17) is 4.74 Å². The zero-order chi connectivity index (χ0) is 18.1. The van der Waals surface area contributed by atoms with Gasteiger partial charge in [0.1, 0.15) is 0 Å². The molecule has 2 aromatic rings. The van der Waals surface area contributed by atoms with Gasteiger partial charge in [0.15, 0.2) is 11.5 Å². The van der Waals surface area contributed by atoms with Gasteiger partial charge in [-0.3, -0.25) is 4.79 Å². The Bertz CT molecular complexity index is 799. The second-order valence-corrected chi connectivity index (χ2v) is 6.64. The molecule has 0 aliphatic carbocycles. The Hall–Kier alpha value is -2.77. The highest BCUT2D eigenvalue weighted by Crippen LogP contribution is 2.40. The molecule has 2 aliphatic heterocycles. The third-order valence-electron chi connectivity index (χ3n) is 5.08. The number of piperidine rings is 1. The quantitative estimate of drug-likeness (QED) is 0.571. The van der Waals surface area contributed by atoms with Crippen LogP contribution in [0.4, 0.5) is 5.69 Å². The molecule has 7 nitrogen and oxygen atoms in total. The fourth-order valence-electron chi connectivity index (χ4n) is 3.84. The average molecular weight is 354 g/mol. The summed E-state index contributed by atoms with van der Waals surface area (Å²) >= 11 is 0. The second kappa shape index (κ2) is 6.86. The van der Waals surface area contributed by atoms with Crippen LogP contribution in [0.3, 0.4) is 0 Å². The van der Waals surface area contributed by atoms with Gasteiger partial charge < -0.3 is 20.5 Å². The molecule has 2 saturated heterocycles. The lowest BCUT2D eigenvalue weighted by Crippen LogP contribution is -2.53. The smallest absolute Gasteiger partial charge is 0.221 e.